The second-order valence-electron chi connectivity index (χ2n) is 3.98. The second-order valence-corrected chi connectivity index (χ2v) is 4.76. The molecule has 1 atom stereocenters. The number of nitrogens with one attached hydrogen (secondary N) is 1. The van der Waals surface area contributed by atoms with Crippen molar-refractivity contribution in [1.82, 2.24) is 5.32 Å². The summed E-state index contributed by atoms with van der Waals surface area (Å²) in [4.78, 5) is 0. The Morgan fingerprint density at radius 1 is 1.57 bits per heavy atom. The minimum atomic E-state index is -0.565. The summed E-state index contributed by atoms with van der Waals surface area (Å²) in [5.74, 6) is 0. The smallest absolute Gasteiger partial charge is 0.0743 e. The molecule has 0 saturated heterocycles. The van der Waals surface area contributed by atoms with Crippen LogP contribution in [-0.4, -0.2) is 17.3 Å². The van der Waals surface area contributed by atoms with E-state index in [4.69, 9.17) is 0 Å². The van der Waals surface area contributed by atoms with Gasteiger partial charge in [-0.1, -0.05) is 13.3 Å². The highest BCUT2D eigenvalue weighted by atomic mass is 32.1. The van der Waals surface area contributed by atoms with Crippen molar-refractivity contribution in [3.05, 3.63) is 22.4 Å². The predicted octanol–water partition coefficient (Wildman–Crippen LogP) is 2.39. The molecular weight excluding hydrogens is 194 g/mol. The summed E-state index contributed by atoms with van der Waals surface area (Å²) in [5.41, 5.74) is 0.729. The molecule has 1 aromatic heterocycles. The Kier molecular flexibility index (Phi) is 4.58. The Labute approximate surface area is 90.0 Å². The molecule has 0 amide bonds. The van der Waals surface area contributed by atoms with Gasteiger partial charge in [-0.25, -0.2) is 0 Å². The summed E-state index contributed by atoms with van der Waals surface area (Å²) in [7, 11) is 0. The van der Waals surface area contributed by atoms with Crippen LogP contribution in [-0.2, 0) is 6.54 Å². The molecule has 0 aliphatic rings. The number of hydrogen-bond acceptors (Lipinski definition) is 3. The van der Waals surface area contributed by atoms with E-state index in [9.17, 15) is 5.11 Å². The van der Waals surface area contributed by atoms with Crippen molar-refractivity contribution >= 4 is 11.3 Å². The van der Waals surface area contributed by atoms with Gasteiger partial charge in [0.15, 0.2) is 0 Å². The highest BCUT2D eigenvalue weighted by Crippen LogP contribution is 2.11. The molecule has 80 valence electrons. The molecule has 0 aromatic carbocycles. The lowest BCUT2D eigenvalue weighted by Crippen LogP contribution is -2.37. The molecule has 0 bridgehead atoms. The van der Waals surface area contributed by atoms with E-state index in [0.717, 1.165) is 19.4 Å². The first-order valence-electron chi connectivity index (χ1n) is 5.08. The van der Waals surface area contributed by atoms with Gasteiger partial charge in [-0.2, -0.15) is 11.3 Å². The minimum Gasteiger partial charge on any atom is -0.389 e. The van der Waals surface area contributed by atoms with Crippen LogP contribution in [0.1, 0.15) is 32.3 Å². The highest BCUT2D eigenvalue weighted by Gasteiger charge is 2.17. The molecule has 0 saturated carbocycles. The van der Waals surface area contributed by atoms with Crippen LogP contribution in [0.2, 0.25) is 0 Å². The van der Waals surface area contributed by atoms with Gasteiger partial charge in [0, 0.05) is 13.1 Å². The zero-order chi connectivity index (χ0) is 10.4. The van der Waals surface area contributed by atoms with Gasteiger partial charge in [0.2, 0.25) is 0 Å². The first kappa shape index (κ1) is 11.7. The first-order valence-corrected chi connectivity index (χ1v) is 6.02. The van der Waals surface area contributed by atoms with Crippen molar-refractivity contribution in [2.75, 3.05) is 6.54 Å². The number of thiophene rings is 1. The van der Waals surface area contributed by atoms with Crippen molar-refractivity contribution < 1.29 is 5.11 Å². The minimum absolute atomic E-state index is 0.565. The zero-order valence-electron chi connectivity index (χ0n) is 8.92. The van der Waals surface area contributed by atoms with Gasteiger partial charge in [-0.05, 0) is 35.7 Å². The summed E-state index contributed by atoms with van der Waals surface area (Å²) in [6, 6.07) is 2.10. The molecule has 14 heavy (non-hydrogen) atoms. The molecule has 1 unspecified atom stereocenters. The van der Waals surface area contributed by atoms with Gasteiger partial charge in [0.05, 0.1) is 5.60 Å². The van der Waals surface area contributed by atoms with E-state index in [1.54, 1.807) is 11.3 Å². The summed E-state index contributed by atoms with van der Waals surface area (Å²) >= 11 is 1.71. The van der Waals surface area contributed by atoms with E-state index in [1.165, 1.54) is 5.56 Å². The Hall–Kier alpha value is -0.380. The summed E-state index contributed by atoms with van der Waals surface area (Å²) in [5, 5.41) is 17.3. The predicted molar refractivity (Wildman–Crippen MR) is 61.6 cm³/mol. The number of hydrogen-bond donors (Lipinski definition) is 2. The lowest BCUT2D eigenvalue weighted by molar-refractivity contribution is 0.0498. The van der Waals surface area contributed by atoms with Crippen molar-refractivity contribution in [3.63, 3.8) is 0 Å². The zero-order valence-corrected chi connectivity index (χ0v) is 9.73. The quantitative estimate of drug-likeness (QED) is 0.760. The van der Waals surface area contributed by atoms with E-state index in [-0.39, 0.29) is 0 Å². The molecule has 2 nitrogen and oxygen atoms in total. The fourth-order valence-corrected chi connectivity index (χ4v) is 2.16. The van der Waals surface area contributed by atoms with Crippen molar-refractivity contribution in [2.24, 2.45) is 0 Å². The Morgan fingerprint density at radius 3 is 2.93 bits per heavy atom. The topological polar surface area (TPSA) is 32.3 Å². The Morgan fingerprint density at radius 2 is 2.36 bits per heavy atom. The van der Waals surface area contributed by atoms with Crippen LogP contribution in [0.25, 0.3) is 0 Å². The third-order valence-corrected chi connectivity index (χ3v) is 2.94. The summed E-state index contributed by atoms with van der Waals surface area (Å²) in [6.45, 7) is 5.49. The molecular formula is C11H19NOS. The molecule has 3 heteroatoms. The Balaban J connectivity index is 2.20. The monoisotopic (exact) mass is 213 g/mol. The lowest BCUT2D eigenvalue weighted by atomic mass is 10.0. The molecule has 0 aliphatic carbocycles. The fourth-order valence-electron chi connectivity index (χ4n) is 1.50. The SMILES string of the molecule is CCCC(C)(O)CNCc1ccsc1. The molecule has 0 fully saturated rings. The van der Waals surface area contributed by atoms with Crippen LogP contribution >= 0.6 is 11.3 Å². The number of rotatable bonds is 6. The normalized spacial score (nSPS) is 15.4. The van der Waals surface area contributed by atoms with E-state index < -0.39 is 5.60 Å². The summed E-state index contributed by atoms with van der Waals surface area (Å²) in [6.07, 6.45) is 1.87. The molecule has 2 N–H and O–H groups in total. The van der Waals surface area contributed by atoms with Crippen LogP contribution in [0.15, 0.2) is 16.8 Å². The number of aliphatic hydroxyl groups is 1. The van der Waals surface area contributed by atoms with Crippen LogP contribution in [0.4, 0.5) is 0 Å². The van der Waals surface area contributed by atoms with Gasteiger partial charge in [-0.3, -0.25) is 0 Å². The molecule has 1 heterocycles. The van der Waals surface area contributed by atoms with Gasteiger partial charge in [0.25, 0.3) is 0 Å². The third-order valence-electron chi connectivity index (χ3n) is 2.20. The van der Waals surface area contributed by atoms with Gasteiger partial charge in [0.1, 0.15) is 0 Å². The van der Waals surface area contributed by atoms with Crippen molar-refractivity contribution in [2.45, 2.75) is 38.8 Å². The van der Waals surface area contributed by atoms with Crippen LogP contribution in [0.5, 0.6) is 0 Å². The van der Waals surface area contributed by atoms with Crippen molar-refractivity contribution in [1.29, 1.82) is 0 Å². The third kappa shape index (κ3) is 4.22. The van der Waals surface area contributed by atoms with Crippen LogP contribution in [0, 0.1) is 0 Å². The maximum atomic E-state index is 9.88. The summed E-state index contributed by atoms with van der Waals surface area (Å²) < 4.78 is 0. The van der Waals surface area contributed by atoms with E-state index >= 15 is 0 Å². The average molecular weight is 213 g/mol. The fraction of sp³-hybridized carbons (Fsp3) is 0.636. The standard InChI is InChI=1S/C11H19NOS/c1-3-5-11(2,13)9-12-7-10-4-6-14-8-10/h4,6,8,12-13H,3,5,7,9H2,1-2H3. The first-order chi connectivity index (χ1) is 6.64. The van der Waals surface area contributed by atoms with Gasteiger partial charge in [-0.15, -0.1) is 0 Å². The molecule has 0 spiro atoms. The highest BCUT2D eigenvalue weighted by molar-refractivity contribution is 7.07. The van der Waals surface area contributed by atoms with Gasteiger partial charge >= 0.3 is 0 Å². The van der Waals surface area contributed by atoms with Crippen LogP contribution < -0.4 is 5.32 Å². The van der Waals surface area contributed by atoms with E-state index in [2.05, 4.69) is 29.1 Å². The lowest BCUT2D eigenvalue weighted by Gasteiger charge is -2.22. The average Bonchev–Trinajstić information content (AvgIpc) is 2.56. The molecule has 1 rings (SSSR count). The van der Waals surface area contributed by atoms with Crippen molar-refractivity contribution in [3.8, 4) is 0 Å². The second kappa shape index (κ2) is 5.49. The van der Waals surface area contributed by atoms with Gasteiger partial charge < -0.3 is 10.4 Å². The largest absolute Gasteiger partial charge is 0.389 e. The van der Waals surface area contributed by atoms with Crippen LogP contribution in [0.3, 0.4) is 0 Å². The maximum absolute atomic E-state index is 9.88. The molecule has 1 aromatic rings. The maximum Gasteiger partial charge on any atom is 0.0743 e. The van der Waals surface area contributed by atoms with E-state index in [1.807, 2.05) is 6.92 Å². The molecule has 0 radical (unpaired) electrons. The van der Waals surface area contributed by atoms with E-state index in [0.29, 0.717) is 6.54 Å². The Bertz CT molecular complexity index is 244. The molecule has 0 aliphatic heterocycles.